The topological polar surface area (TPSA) is 64.6 Å². The standard InChI is InChI=1S/C14H20BrNO4S/c1-4-16-14(9(2)21(3,17)18)10-7-12-13(8-11(10)15)20-6-5-19-12/h7-9,14,16H,4-6H2,1-3H3. The highest BCUT2D eigenvalue weighted by molar-refractivity contribution is 9.10. The molecule has 7 heteroatoms. The summed E-state index contributed by atoms with van der Waals surface area (Å²) in [5.74, 6) is 1.34. The molecular formula is C14H20BrNO4S. The van der Waals surface area contributed by atoms with Crippen LogP contribution in [0.2, 0.25) is 0 Å². The number of nitrogens with one attached hydrogen (secondary N) is 1. The van der Waals surface area contributed by atoms with Crippen LogP contribution >= 0.6 is 15.9 Å². The highest BCUT2D eigenvalue weighted by Gasteiger charge is 2.29. The SMILES string of the molecule is CCNC(c1cc2c(cc1Br)OCCO2)C(C)S(C)(=O)=O. The number of rotatable bonds is 5. The summed E-state index contributed by atoms with van der Waals surface area (Å²) in [6.45, 7) is 5.36. The smallest absolute Gasteiger partial charge is 0.162 e. The van der Waals surface area contributed by atoms with Gasteiger partial charge in [0.25, 0.3) is 0 Å². The average Bonchev–Trinajstić information content (AvgIpc) is 2.42. The molecule has 21 heavy (non-hydrogen) atoms. The van der Waals surface area contributed by atoms with Crippen molar-refractivity contribution in [1.82, 2.24) is 5.32 Å². The maximum atomic E-state index is 11.9. The summed E-state index contributed by atoms with van der Waals surface area (Å²) < 4.78 is 35.8. The van der Waals surface area contributed by atoms with E-state index in [0.717, 1.165) is 10.0 Å². The van der Waals surface area contributed by atoms with Crippen LogP contribution < -0.4 is 14.8 Å². The van der Waals surface area contributed by atoms with Crippen molar-refractivity contribution >= 4 is 25.8 Å². The zero-order chi connectivity index (χ0) is 15.6. The highest BCUT2D eigenvalue weighted by Crippen LogP contribution is 2.39. The molecule has 1 aliphatic rings. The second-order valence-corrected chi connectivity index (χ2v) is 8.34. The largest absolute Gasteiger partial charge is 0.486 e. The normalized spacial score (nSPS) is 17.3. The molecule has 1 heterocycles. The minimum atomic E-state index is -3.17. The van der Waals surface area contributed by atoms with Crippen molar-refractivity contribution in [3.63, 3.8) is 0 Å². The van der Waals surface area contributed by atoms with Crippen LogP contribution in [0.3, 0.4) is 0 Å². The van der Waals surface area contributed by atoms with Gasteiger partial charge in [0.1, 0.15) is 13.2 Å². The zero-order valence-electron chi connectivity index (χ0n) is 12.3. The molecule has 0 fully saturated rings. The van der Waals surface area contributed by atoms with E-state index in [2.05, 4.69) is 21.2 Å². The van der Waals surface area contributed by atoms with Crippen LogP contribution in [-0.4, -0.2) is 39.7 Å². The third-order valence-electron chi connectivity index (χ3n) is 3.57. The van der Waals surface area contributed by atoms with E-state index in [1.807, 2.05) is 19.1 Å². The van der Waals surface area contributed by atoms with Crippen LogP contribution in [0.25, 0.3) is 0 Å². The summed E-state index contributed by atoms with van der Waals surface area (Å²) in [5, 5.41) is 2.70. The molecule has 2 atom stereocenters. The Morgan fingerprint density at radius 2 is 1.86 bits per heavy atom. The molecule has 2 unspecified atom stereocenters. The molecule has 0 amide bonds. The Labute approximate surface area is 134 Å². The van der Waals surface area contributed by atoms with Crippen molar-refractivity contribution in [3.8, 4) is 11.5 Å². The maximum absolute atomic E-state index is 11.9. The molecule has 1 aliphatic heterocycles. The highest BCUT2D eigenvalue weighted by atomic mass is 79.9. The van der Waals surface area contributed by atoms with Gasteiger partial charge in [0.15, 0.2) is 21.3 Å². The summed E-state index contributed by atoms with van der Waals surface area (Å²) in [5.41, 5.74) is 0.860. The number of halogens is 1. The first-order valence-electron chi connectivity index (χ1n) is 6.86. The Morgan fingerprint density at radius 3 is 2.38 bits per heavy atom. The van der Waals surface area contributed by atoms with E-state index in [9.17, 15) is 8.42 Å². The molecule has 1 aromatic carbocycles. The fourth-order valence-electron chi connectivity index (χ4n) is 2.31. The first kappa shape index (κ1) is 16.6. The van der Waals surface area contributed by atoms with Crippen molar-refractivity contribution in [2.45, 2.75) is 25.1 Å². The van der Waals surface area contributed by atoms with Gasteiger partial charge in [-0.05, 0) is 31.2 Å². The van der Waals surface area contributed by atoms with Crippen LogP contribution in [-0.2, 0) is 9.84 Å². The Hall–Kier alpha value is -0.790. The third kappa shape index (κ3) is 3.70. The molecular weight excluding hydrogens is 358 g/mol. The summed E-state index contributed by atoms with van der Waals surface area (Å²) in [6.07, 6.45) is 1.26. The quantitative estimate of drug-likeness (QED) is 0.852. The average molecular weight is 378 g/mol. The van der Waals surface area contributed by atoms with Gasteiger partial charge in [-0.2, -0.15) is 0 Å². The Bertz CT molecular complexity index is 618. The van der Waals surface area contributed by atoms with Gasteiger partial charge in [-0.25, -0.2) is 8.42 Å². The fraction of sp³-hybridized carbons (Fsp3) is 0.571. The van der Waals surface area contributed by atoms with Gasteiger partial charge in [0, 0.05) is 16.8 Å². The third-order valence-corrected chi connectivity index (χ3v) is 5.87. The van der Waals surface area contributed by atoms with E-state index in [1.165, 1.54) is 6.26 Å². The number of ether oxygens (including phenoxy) is 2. The van der Waals surface area contributed by atoms with Crippen molar-refractivity contribution in [3.05, 3.63) is 22.2 Å². The lowest BCUT2D eigenvalue weighted by Crippen LogP contribution is -2.35. The van der Waals surface area contributed by atoms with Gasteiger partial charge in [-0.3, -0.25) is 0 Å². The lowest BCUT2D eigenvalue weighted by Gasteiger charge is -2.27. The van der Waals surface area contributed by atoms with Crippen LogP contribution in [0.15, 0.2) is 16.6 Å². The second kappa shape index (κ2) is 6.54. The molecule has 0 aromatic heterocycles. The van der Waals surface area contributed by atoms with Crippen LogP contribution in [0.5, 0.6) is 11.5 Å². The zero-order valence-corrected chi connectivity index (χ0v) is 14.8. The molecule has 2 rings (SSSR count). The summed E-state index contributed by atoms with van der Waals surface area (Å²) >= 11 is 3.51. The van der Waals surface area contributed by atoms with Gasteiger partial charge in [-0.1, -0.05) is 22.9 Å². The van der Waals surface area contributed by atoms with Crippen molar-refractivity contribution in [1.29, 1.82) is 0 Å². The lowest BCUT2D eigenvalue weighted by atomic mass is 10.0. The number of sulfone groups is 1. The Balaban J connectivity index is 2.45. The summed E-state index contributed by atoms with van der Waals surface area (Å²) in [4.78, 5) is 0. The van der Waals surface area contributed by atoms with E-state index < -0.39 is 15.1 Å². The van der Waals surface area contributed by atoms with Crippen LogP contribution in [0.4, 0.5) is 0 Å². The first-order chi connectivity index (χ1) is 9.84. The Kier molecular flexibility index (Phi) is 5.16. The Morgan fingerprint density at radius 1 is 1.29 bits per heavy atom. The predicted octanol–water partition coefficient (Wildman–Crippen LogP) is 2.30. The number of benzene rings is 1. The molecule has 118 valence electrons. The molecule has 0 saturated heterocycles. The van der Waals surface area contributed by atoms with Gasteiger partial charge >= 0.3 is 0 Å². The monoisotopic (exact) mass is 377 g/mol. The summed E-state index contributed by atoms with van der Waals surface area (Å²) in [6, 6.07) is 3.38. The minimum Gasteiger partial charge on any atom is -0.486 e. The molecule has 0 radical (unpaired) electrons. The molecule has 1 aromatic rings. The summed E-state index contributed by atoms with van der Waals surface area (Å²) in [7, 11) is -3.17. The van der Waals surface area contributed by atoms with E-state index in [0.29, 0.717) is 31.3 Å². The van der Waals surface area contributed by atoms with Gasteiger partial charge in [0.2, 0.25) is 0 Å². The van der Waals surface area contributed by atoms with E-state index in [1.54, 1.807) is 6.92 Å². The van der Waals surface area contributed by atoms with Gasteiger partial charge in [-0.15, -0.1) is 0 Å². The van der Waals surface area contributed by atoms with E-state index in [-0.39, 0.29) is 6.04 Å². The van der Waals surface area contributed by atoms with Gasteiger partial charge in [0.05, 0.1) is 5.25 Å². The van der Waals surface area contributed by atoms with Crippen molar-refractivity contribution < 1.29 is 17.9 Å². The van der Waals surface area contributed by atoms with Crippen LogP contribution in [0.1, 0.15) is 25.5 Å². The minimum absolute atomic E-state index is 0.310. The van der Waals surface area contributed by atoms with Crippen LogP contribution in [0, 0.1) is 0 Å². The van der Waals surface area contributed by atoms with Crippen molar-refractivity contribution in [2.75, 3.05) is 26.0 Å². The molecule has 0 aliphatic carbocycles. The van der Waals surface area contributed by atoms with Gasteiger partial charge < -0.3 is 14.8 Å². The molecule has 1 N–H and O–H groups in total. The van der Waals surface area contributed by atoms with E-state index in [4.69, 9.17) is 9.47 Å². The predicted molar refractivity (Wildman–Crippen MR) is 85.9 cm³/mol. The molecule has 0 bridgehead atoms. The molecule has 0 saturated carbocycles. The number of fused-ring (bicyclic) bond motifs is 1. The number of hydrogen-bond donors (Lipinski definition) is 1. The second-order valence-electron chi connectivity index (χ2n) is 5.09. The molecule has 5 nitrogen and oxygen atoms in total. The molecule has 0 spiro atoms. The first-order valence-corrected chi connectivity index (χ1v) is 9.60. The van der Waals surface area contributed by atoms with Crippen molar-refractivity contribution in [2.24, 2.45) is 0 Å². The lowest BCUT2D eigenvalue weighted by molar-refractivity contribution is 0.171. The maximum Gasteiger partial charge on any atom is 0.162 e. The number of hydrogen-bond acceptors (Lipinski definition) is 5. The fourth-order valence-corrected chi connectivity index (χ4v) is 3.62. The van der Waals surface area contributed by atoms with E-state index >= 15 is 0 Å².